The molecule has 18 heavy (non-hydrogen) atoms. The third-order valence-electron chi connectivity index (χ3n) is 4.38. The Balaban J connectivity index is 1.77. The van der Waals surface area contributed by atoms with E-state index in [2.05, 4.69) is 17.6 Å². The zero-order valence-electron chi connectivity index (χ0n) is 11.7. The second-order valence-electron chi connectivity index (χ2n) is 6.10. The van der Waals surface area contributed by atoms with Gasteiger partial charge in [-0.05, 0) is 39.0 Å². The molecular formula is C15H28N2O. The number of carbonyl (C=O) groups is 1. The highest BCUT2D eigenvalue weighted by Crippen LogP contribution is 2.18. The van der Waals surface area contributed by atoms with Gasteiger partial charge in [-0.3, -0.25) is 4.79 Å². The van der Waals surface area contributed by atoms with Crippen LogP contribution in [0.5, 0.6) is 0 Å². The molecule has 0 aromatic carbocycles. The maximum atomic E-state index is 12.2. The van der Waals surface area contributed by atoms with Crippen molar-refractivity contribution in [2.45, 2.75) is 89.3 Å². The van der Waals surface area contributed by atoms with E-state index < -0.39 is 0 Å². The van der Waals surface area contributed by atoms with Gasteiger partial charge in [0.2, 0.25) is 5.91 Å². The zero-order valence-corrected chi connectivity index (χ0v) is 11.7. The van der Waals surface area contributed by atoms with E-state index in [9.17, 15) is 4.79 Å². The molecule has 2 rings (SSSR count). The molecule has 0 spiro atoms. The van der Waals surface area contributed by atoms with Crippen LogP contribution in [0, 0.1) is 0 Å². The van der Waals surface area contributed by atoms with Gasteiger partial charge in [0.15, 0.2) is 0 Å². The van der Waals surface area contributed by atoms with Gasteiger partial charge in [-0.2, -0.15) is 0 Å². The van der Waals surface area contributed by atoms with E-state index in [0.717, 1.165) is 6.42 Å². The molecule has 2 unspecified atom stereocenters. The molecule has 3 heteroatoms. The monoisotopic (exact) mass is 252 g/mol. The van der Waals surface area contributed by atoms with Gasteiger partial charge in [-0.15, -0.1) is 0 Å². The number of rotatable bonds is 2. The van der Waals surface area contributed by atoms with E-state index in [1.807, 2.05) is 0 Å². The Morgan fingerprint density at radius 2 is 1.61 bits per heavy atom. The van der Waals surface area contributed by atoms with Gasteiger partial charge in [-0.25, -0.2) is 0 Å². The molecule has 0 aromatic rings. The minimum atomic E-state index is 0.0548. The highest BCUT2D eigenvalue weighted by atomic mass is 16.2. The fraction of sp³-hybridized carbons (Fsp3) is 0.933. The molecule has 1 saturated heterocycles. The van der Waals surface area contributed by atoms with Crippen molar-refractivity contribution in [2.75, 3.05) is 0 Å². The molecule has 3 nitrogen and oxygen atoms in total. The first-order valence-electron chi connectivity index (χ1n) is 7.82. The van der Waals surface area contributed by atoms with Crippen LogP contribution in [0.3, 0.4) is 0 Å². The third-order valence-corrected chi connectivity index (χ3v) is 4.38. The van der Waals surface area contributed by atoms with E-state index in [-0.39, 0.29) is 11.9 Å². The highest BCUT2D eigenvalue weighted by molar-refractivity contribution is 5.82. The van der Waals surface area contributed by atoms with Crippen LogP contribution < -0.4 is 10.6 Å². The first-order valence-corrected chi connectivity index (χ1v) is 7.82. The summed E-state index contributed by atoms with van der Waals surface area (Å²) in [7, 11) is 0. The van der Waals surface area contributed by atoms with Gasteiger partial charge < -0.3 is 10.6 Å². The van der Waals surface area contributed by atoms with Crippen molar-refractivity contribution in [3.63, 3.8) is 0 Å². The normalized spacial score (nSPS) is 31.4. The molecule has 0 radical (unpaired) electrons. The van der Waals surface area contributed by atoms with Crippen molar-refractivity contribution in [1.82, 2.24) is 10.6 Å². The highest BCUT2D eigenvalue weighted by Gasteiger charge is 2.25. The molecular weight excluding hydrogens is 224 g/mol. The lowest BCUT2D eigenvalue weighted by Crippen LogP contribution is -2.52. The predicted octanol–water partition coefficient (Wildman–Crippen LogP) is 2.75. The van der Waals surface area contributed by atoms with Gasteiger partial charge >= 0.3 is 0 Å². The van der Waals surface area contributed by atoms with Gasteiger partial charge in [0.25, 0.3) is 0 Å². The lowest BCUT2D eigenvalue weighted by Gasteiger charge is -2.30. The smallest absolute Gasteiger partial charge is 0.237 e. The summed E-state index contributed by atoms with van der Waals surface area (Å²) in [6.07, 6.45) is 12.3. The maximum absolute atomic E-state index is 12.2. The maximum Gasteiger partial charge on any atom is 0.237 e. The zero-order chi connectivity index (χ0) is 12.8. The van der Waals surface area contributed by atoms with Crippen molar-refractivity contribution < 1.29 is 4.79 Å². The predicted molar refractivity (Wildman–Crippen MR) is 74.5 cm³/mol. The average molecular weight is 252 g/mol. The average Bonchev–Trinajstić information content (AvgIpc) is 2.32. The summed E-state index contributed by atoms with van der Waals surface area (Å²) in [6.45, 7) is 2.18. The topological polar surface area (TPSA) is 41.1 Å². The Bertz CT molecular complexity index is 259. The summed E-state index contributed by atoms with van der Waals surface area (Å²) in [6, 6.07) is 0.975. The number of amides is 1. The fourth-order valence-electron chi connectivity index (χ4n) is 3.25. The Morgan fingerprint density at radius 3 is 2.28 bits per heavy atom. The fourth-order valence-corrected chi connectivity index (χ4v) is 3.25. The summed E-state index contributed by atoms with van der Waals surface area (Å²) in [5.41, 5.74) is 0. The molecule has 0 aromatic heterocycles. The van der Waals surface area contributed by atoms with Gasteiger partial charge in [0.05, 0.1) is 6.04 Å². The Labute approximate surface area is 111 Å². The lowest BCUT2D eigenvalue weighted by atomic mass is 9.95. The van der Waals surface area contributed by atoms with Crippen molar-refractivity contribution in [2.24, 2.45) is 0 Å². The van der Waals surface area contributed by atoms with Crippen LogP contribution in [-0.4, -0.2) is 24.0 Å². The second kappa shape index (κ2) is 7.13. The Kier molecular flexibility index (Phi) is 5.48. The Hall–Kier alpha value is -0.570. The van der Waals surface area contributed by atoms with E-state index in [4.69, 9.17) is 0 Å². The summed E-state index contributed by atoms with van der Waals surface area (Å²) in [4.78, 5) is 12.2. The van der Waals surface area contributed by atoms with E-state index >= 15 is 0 Å². The number of nitrogens with one attached hydrogen (secondary N) is 2. The Morgan fingerprint density at radius 1 is 0.944 bits per heavy atom. The molecule has 1 heterocycles. The van der Waals surface area contributed by atoms with E-state index in [1.165, 1.54) is 57.8 Å². The minimum absolute atomic E-state index is 0.0548. The molecule has 2 fully saturated rings. The van der Waals surface area contributed by atoms with Crippen molar-refractivity contribution in [1.29, 1.82) is 0 Å². The molecule has 0 bridgehead atoms. The van der Waals surface area contributed by atoms with Gasteiger partial charge in [0.1, 0.15) is 0 Å². The SMILES string of the molecule is CC1CCCC(C(=O)NC2CCCCCCC2)N1. The molecule has 1 aliphatic heterocycles. The molecule has 2 N–H and O–H groups in total. The quantitative estimate of drug-likeness (QED) is 0.793. The molecule has 1 aliphatic carbocycles. The summed E-state index contributed by atoms with van der Waals surface area (Å²) < 4.78 is 0. The van der Waals surface area contributed by atoms with Gasteiger partial charge in [0, 0.05) is 12.1 Å². The van der Waals surface area contributed by atoms with E-state index in [0.29, 0.717) is 12.1 Å². The summed E-state index contributed by atoms with van der Waals surface area (Å²) in [5.74, 6) is 0.243. The van der Waals surface area contributed by atoms with Crippen LogP contribution in [0.15, 0.2) is 0 Å². The summed E-state index contributed by atoms with van der Waals surface area (Å²) >= 11 is 0. The summed E-state index contributed by atoms with van der Waals surface area (Å²) in [5, 5.41) is 6.70. The number of hydrogen-bond acceptors (Lipinski definition) is 2. The van der Waals surface area contributed by atoms with Crippen LogP contribution in [0.1, 0.15) is 71.1 Å². The second-order valence-corrected chi connectivity index (χ2v) is 6.10. The largest absolute Gasteiger partial charge is 0.352 e. The molecule has 2 atom stereocenters. The van der Waals surface area contributed by atoms with E-state index in [1.54, 1.807) is 0 Å². The number of piperidine rings is 1. The lowest BCUT2D eigenvalue weighted by molar-refractivity contribution is -0.124. The number of hydrogen-bond donors (Lipinski definition) is 2. The molecule has 1 amide bonds. The van der Waals surface area contributed by atoms with Crippen LogP contribution in [-0.2, 0) is 4.79 Å². The minimum Gasteiger partial charge on any atom is -0.352 e. The van der Waals surface area contributed by atoms with Crippen molar-refractivity contribution in [3.8, 4) is 0 Å². The van der Waals surface area contributed by atoms with Crippen LogP contribution in [0.2, 0.25) is 0 Å². The number of carbonyl (C=O) groups excluding carboxylic acids is 1. The van der Waals surface area contributed by atoms with Crippen LogP contribution in [0.25, 0.3) is 0 Å². The first-order chi connectivity index (χ1) is 8.75. The van der Waals surface area contributed by atoms with Crippen LogP contribution in [0.4, 0.5) is 0 Å². The first kappa shape index (κ1) is 13.9. The third kappa shape index (κ3) is 4.27. The van der Waals surface area contributed by atoms with Crippen molar-refractivity contribution >= 4 is 5.91 Å². The van der Waals surface area contributed by atoms with Crippen molar-refractivity contribution in [3.05, 3.63) is 0 Å². The van der Waals surface area contributed by atoms with Crippen LogP contribution >= 0.6 is 0 Å². The van der Waals surface area contributed by atoms with Gasteiger partial charge in [-0.1, -0.05) is 32.1 Å². The molecule has 1 saturated carbocycles. The molecule has 104 valence electrons. The molecule has 2 aliphatic rings. The standard InChI is InChI=1S/C15H28N2O/c1-12-8-7-11-14(16-12)15(18)17-13-9-5-3-2-4-6-10-13/h12-14,16H,2-11H2,1H3,(H,17,18).